The fourth-order valence-electron chi connectivity index (χ4n) is 3.73. The summed E-state index contributed by atoms with van der Waals surface area (Å²) in [5.41, 5.74) is 7.21. The molecular weight excluding hydrogens is 596 g/mol. The van der Waals surface area contributed by atoms with Crippen LogP contribution in [0.15, 0.2) is 77.1 Å². The van der Waals surface area contributed by atoms with Gasteiger partial charge >= 0.3 is 41.9 Å². The Morgan fingerprint density at radius 3 is 2.30 bits per heavy atom. The molecule has 0 bridgehead atoms. The zero-order valence-corrected chi connectivity index (χ0v) is 23.4. The van der Waals surface area contributed by atoms with Crippen LogP contribution in [-0.2, 0) is 4.79 Å². The number of hydrogen-bond acceptors (Lipinski definition) is 8. The summed E-state index contributed by atoms with van der Waals surface area (Å²) < 4.78 is 47.8. The number of aliphatic carboxylic acids is 1. The van der Waals surface area contributed by atoms with Crippen LogP contribution >= 0.6 is 11.8 Å². The fourth-order valence-corrected chi connectivity index (χ4v) is 4.27. The number of halogens is 3. The number of methoxy groups -OCH3 is 1. The number of aliphatic imine (C=N–C) groups is 1. The molecule has 4 aromatic rings. The molecule has 0 spiro atoms. The van der Waals surface area contributed by atoms with Gasteiger partial charge in [-0.2, -0.15) is 5.10 Å². The summed E-state index contributed by atoms with van der Waals surface area (Å²) in [6, 6.07) is 16.1. The Morgan fingerprint density at radius 2 is 1.72 bits per heavy atom. The van der Waals surface area contributed by atoms with Gasteiger partial charge in [0, 0.05) is 5.56 Å². The molecule has 2 N–H and O–H groups in total. The monoisotopic (exact) mass is 622 g/mol. The molecule has 4 rings (SSSR count). The zero-order valence-electron chi connectivity index (χ0n) is 22.6. The number of benzene rings is 3. The number of alkyl halides is 3. The van der Waals surface area contributed by atoms with E-state index in [1.54, 1.807) is 37.6 Å². The second-order valence-corrected chi connectivity index (χ2v) is 9.72. The minimum absolute atomic E-state index is 0. The topological polar surface area (TPSA) is 123 Å². The Hall–Kier alpha value is -3.85. The Kier molecular flexibility index (Phi) is 11.8. The van der Waals surface area contributed by atoms with Gasteiger partial charge in [-0.25, -0.2) is 14.7 Å². The number of rotatable bonds is 9. The van der Waals surface area contributed by atoms with E-state index in [2.05, 4.69) is 30.3 Å². The molecule has 10 nitrogen and oxygen atoms in total. The molecule has 0 aliphatic carbocycles. The van der Waals surface area contributed by atoms with Crippen LogP contribution in [-0.4, -0.2) is 86.0 Å². The van der Waals surface area contributed by atoms with Crippen LogP contribution < -0.4 is 14.9 Å². The first kappa shape index (κ1) is 33.6. The van der Waals surface area contributed by atoms with E-state index in [4.69, 9.17) is 9.84 Å². The van der Waals surface area contributed by atoms with Gasteiger partial charge < -0.3 is 14.6 Å². The van der Waals surface area contributed by atoms with Gasteiger partial charge in [0.2, 0.25) is 0 Å². The molecule has 1 heterocycles. The fraction of sp³-hybridized carbons (Fsp3) is 0.179. The van der Waals surface area contributed by atoms with Crippen molar-refractivity contribution in [3.05, 3.63) is 83.7 Å². The number of ether oxygens (including phenoxy) is 2. The van der Waals surface area contributed by atoms with Gasteiger partial charge in [0.15, 0.2) is 11.0 Å². The van der Waals surface area contributed by atoms with Crippen molar-refractivity contribution in [2.45, 2.75) is 20.2 Å². The first-order valence-electron chi connectivity index (χ1n) is 12.3. The van der Waals surface area contributed by atoms with Crippen LogP contribution in [0.25, 0.3) is 17.1 Å². The van der Waals surface area contributed by atoms with Gasteiger partial charge in [0.25, 0.3) is 0 Å². The first-order valence-corrected chi connectivity index (χ1v) is 13.2. The number of hydrogen-bond donors (Lipinski definition) is 2. The van der Waals surface area contributed by atoms with Crippen LogP contribution in [0.5, 0.6) is 11.5 Å². The second kappa shape index (κ2) is 15.0. The normalized spacial score (nSPS) is 11.7. The number of nitrogens with zero attached hydrogens (tertiary/aromatic N) is 5. The standard InChI is InChI=1S/C28H25F3N6O4S.Na.H/c1-17-12-23(40-3)13-18(2)25(17)34-27(42-15-24(38)39)35-33-14-19-4-6-20(7-5-19)26-32-16-37(36-26)21-8-10-22(11-9-21)41-28(29,30)31;;/h4-14,16H,15H2,1-3H3,(H,34,35)(H,38,39);;/b33-14+;;. The Labute approximate surface area is 271 Å². The van der Waals surface area contributed by atoms with Crippen LogP contribution in [0.2, 0.25) is 0 Å². The summed E-state index contributed by atoms with van der Waals surface area (Å²) in [4.78, 5) is 20.0. The maximum absolute atomic E-state index is 12.4. The molecule has 0 amide bonds. The molecule has 0 aliphatic heterocycles. The Morgan fingerprint density at radius 1 is 1.07 bits per heavy atom. The molecular formula is C28H26F3N6NaO4S. The van der Waals surface area contributed by atoms with Crippen molar-refractivity contribution in [3.63, 3.8) is 0 Å². The predicted octanol–water partition coefficient (Wildman–Crippen LogP) is 5.24. The van der Waals surface area contributed by atoms with Crippen molar-refractivity contribution in [2.24, 2.45) is 10.1 Å². The minimum atomic E-state index is -4.76. The van der Waals surface area contributed by atoms with E-state index in [0.717, 1.165) is 28.5 Å². The van der Waals surface area contributed by atoms with Crippen molar-refractivity contribution in [1.29, 1.82) is 0 Å². The van der Waals surface area contributed by atoms with Crippen LogP contribution in [0.1, 0.15) is 16.7 Å². The van der Waals surface area contributed by atoms with Gasteiger partial charge in [0.1, 0.15) is 17.8 Å². The molecule has 220 valence electrons. The van der Waals surface area contributed by atoms with E-state index in [1.165, 1.54) is 35.3 Å². The summed E-state index contributed by atoms with van der Waals surface area (Å²) in [6.45, 7) is 3.78. The number of carbonyl (C=O) groups is 1. The van der Waals surface area contributed by atoms with Gasteiger partial charge in [-0.15, -0.1) is 18.3 Å². The molecule has 0 atom stereocenters. The average Bonchev–Trinajstić information content (AvgIpc) is 3.43. The van der Waals surface area contributed by atoms with Gasteiger partial charge in [0.05, 0.1) is 30.5 Å². The van der Waals surface area contributed by atoms with E-state index < -0.39 is 12.3 Å². The third-order valence-electron chi connectivity index (χ3n) is 5.62. The number of amidine groups is 1. The van der Waals surface area contributed by atoms with Gasteiger partial charge in [-0.3, -0.25) is 10.2 Å². The summed E-state index contributed by atoms with van der Waals surface area (Å²) >= 11 is 1.01. The van der Waals surface area contributed by atoms with E-state index in [9.17, 15) is 18.0 Å². The van der Waals surface area contributed by atoms with E-state index >= 15 is 0 Å². The summed E-state index contributed by atoms with van der Waals surface area (Å²) in [5, 5.41) is 18.1. The van der Waals surface area contributed by atoms with Crippen LogP contribution in [0.4, 0.5) is 18.9 Å². The Bertz CT molecular complexity index is 1590. The number of hydrazone groups is 1. The number of aryl methyl sites for hydroxylation is 2. The SMILES string of the molecule is COc1cc(C)c(/N=C(/N/N=C/c2ccc(-c3ncn(-c4ccc(OC(F)(F)F)cc4)n3)cc2)SCC(=O)O)c(C)c1.[NaH]. The first-order chi connectivity index (χ1) is 20.0. The molecule has 0 unspecified atom stereocenters. The zero-order chi connectivity index (χ0) is 30.3. The molecule has 0 radical (unpaired) electrons. The third-order valence-corrected chi connectivity index (χ3v) is 6.46. The molecule has 0 saturated heterocycles. The number of carboxylic acid groups (broad SMARTS) is 1. The molecule has 0 fully saturated rings. The van der Waals surface area contributed by atoms with Crippen molar-refractivity contribution >= 4 is 64.4 Å². The van der Waals surface area contributed by atoms with Crippen molar-refractivity contribution in [2.75, 3.05) is 12.9 Å². The van der Waals surface area contributed by atoms with E-state index in [-0.39, 0.29) is 41.1 Å². The molecule has 1 aromatic heterocycles. The quantitative estimate of drug-likeness (QED) is 0.113. The molecule has 15 heteroatoms. The van der Waals surface area contributed by atoms with Crippen molar-refractivity contribution < 1.29 is 32.5 Å². The third kappa shape index (κ3) is 9.85. The van der Waals surface area contributed by atoms with Crippen molar-refractivity contribution in [3.8, 4) is 28.6 Å². The molecule has 0 saturated carbocycles. The number of carboxylic acids is 1. The molecule has 0 aliphatic rings. The summed E-state index contributed by atoms with van der Waals surface area (Å²) in [5.74, 6) is -0.398. The second-order valence-electron chi connectivity index (χ2n) is 8.76. The van der Waals surface area contributed by atoms with E-state index in [1.807, 2.05) is 26.0 Å². The average molecular weight is 623 g/mol. The van der Waals surface area contributed by atoms with E-state index in [0.29, 0.717) is 33.7 Å². The number of thioether (sulfide) groups is 1. The van der Waals surface area contributed by atoms with Crippen LogP contribution in [0.3, 0.4) is 0 Å². The molecule has 3 aromatic carbocycles. The molecule has 43 heavy (non-hydrogen) atoms. The van der Waals surface area contributed by atoms with Crippen molar-refractivity contribution in [1.82, 2.24) is 20.2 Å². The summed E-state index contributed by atoms with van der Waals surface area (Å²) in [6.07, 6.45) is -1.75. The van der Waals surface area contributed by atoms with Gasteiger partial charge in [-0.05, 0) is 66.9 Å². The number of nitrogens with one attached hydrogen (secondary N) is 1. The number of aromatic nitrogens is 3. The van der Waals surface area contributed by atoms with Gasteiger partial charge in [-0.1, -0.05) is 36.0 Å². The summed E-state index contributed by atoms with van der Waals surface area (Å²) in [7, 11) is 1.58. The predicted molar refractivity (Wildman–Crippen MR) is 161 cm³/mol. The Balaban J connectivity index is 0.00000506. The maximum atomic E-state index is 12.4. The van der Waals surface area contributed by atoms with Crippen LogP contribution in [0, 0.1) is 13.8 Å².